The molecule has 4 aromatic rings. The van der Waals surface area contributed by atoms with Crippen LogP contribution >= 0.6 is 11.6 Å². The molecule has 0 radical (unpaired) electrons. The molecule has 0 saturated carbocycles. The van der Waals surface area contributed by atoms with Crippen molar-refractivity contribution in [1.82, 2.24) is 19.9 Å². The maximum atomic E-state index is 15.9. The van der Waals surface area contributed by atoms with Crippen LogP contribution in [0.15, 0.2) is 55.5 Å². The smallest absolute Gasteiger partial charge is 0.246 e. The summed E-state index contributed by atoms with van der Waals surface area (Å²) in [7, 11) is 0. The first-order chi connectivity index (χ1) is 17.4. The van der Waals surface area contributed by atoms with Gasteiger partial charge in [-0.2, -0.15) is 0 Å². The standard InChI is InChI=1S/C26H19ClF2N6O/c1-3-20(36)34-9-10-35(16(13-34)11-30-2)26-18-12-31-24(23(29)25(18)32-14-33-26)17-6-4-5-15-7-8-19(28)22(27)21(15)17/h3-8,12,14,16H,1,9-11,13H2. The van der Waals surface area contributed by atoms with Crippen LogP contribution in [0, 0.1) is 18.2 Å². The van der Waals surface area contributed by atoms with Gasteiger partial charge in [-0.25, -0.2) is 25.3 Å². The summed E-state index contributed by atoms with van der Waals surface area (Å²) in [5.41, 5.74) is 0.379. The lowest BCUT2D eigenvalue weighted by Gasteiger charge is -2.39. The maximum absolute atomic E-state index is 15.9. The molecule has 1 saturated heterocycles. The highest BCUT2D eigenvalue weighted by atomic mass is 35.5. The van der Waals surface area contributed by atoms with Crippen LogP contribution in [-0.4, -0.2) is 58.0 Å². The molecule has 1 aliphatic rings. The fourth-order valence-electron chi connectivity index (χ4n) is 4.63. The molecule has 3 heterocycles. The van der Waals surface area contributed by atoms with E-state index in [-0.39, 0.29) is 34.7 Å². The number of fused-ring (bicyclic) bond motifs is 2. The van der Waals surface area contributed by atoms with E-state index < -0.39 is 11.6 Å². The number of nitrogens with zero attached hydrogens (tertiary/aromatic N) is 6. The molecule has 5 rings (SSSR count). The van der Waals surface area contributed by atoms with Gasteiger partial charge in [-0.15, -0.1) is 0 Å². The average molecular weight is 505 g/mol. The van der Waals surface area contributed by atoms with Gasteiger partial charge in [0.2, 0.25) is 12.5 Å². The van der Waals surface area contributed by atoms with E-state index in [0.29, 0.717) is 47.2 Å². The molecular formula is C26H19ClF2N6O. The van der Waals surface area contributed by atoms with Crippen molar-refractivity contribution in [1.29, 1.82) is 0 Å². The third kappa shape index (κ3) is 3.89. The largest absolute Gasteiger partial charge is 0.342 e. The van der Waals surface area contributed by atoms with Gasteiger partial charge in [0.1, 0.15) is 35.2 Å². The van der Waals surface area contributed by atoms with E-state index in [0.717, 1.165) is 0 Å². The number of carbonyl (C=O) groups excluding carboxylic acids is 1. The number of hydrogen-bond donors (Lipinski definition) is 0. The number of piperazine rings is 1. The minimum atomic E-state index is -0.689. The van der Waals surface area contributed by atoms with Crippen molar-refractivity contribution in [2.24, 2.45) is 0 Å². The molecule has 2 aromatic heterocycles. The van der Waals surface area contributed by atoms with Gasteiger partial charge in [-0.1, -0.05) is 42.4 Å². The molecule has 180 valence electrons. The van der Waals surface area contributed by atoms with Gasteiger partial charge in [-0.05, 0) is 17.5 Å². The third-order valence-corrected chi connectivity index (χ3v) is 6.70. The molecule has 7 nitrogen and oxygen atoms in total. The normalized spacial score (nSPS) is 15.8. The molecule has 0 aliphatic carbocycles. The Bertz CT molecular complexity index is 1570. The Balaban J connectivity index is 1.62. The van der Waals surface area contributed by atoms with Crippen LogP contribution in [0.4, 0.5) is 14.6 Å². The summed E-state index contributed by atoms with van der Waals surface area (Å²) < 4.78 is 30.1. The number of hydrogen-bond acceptors (Lipinski definition) is 5. The molecule has 0 N–H and O–H groups in total. The van der Waals surface area contributed by atoms with Crippen molar-refractivity contribution < 1.29 is 13.6 Å². The fraction of sp³-hybridized carbons (Fsp3) is 0.192. The number of anilines is 1. The average Bonchev–Trinajstić information content (AvgIpc) is 2.90. The molecule has 0 bridgehead atoms. The van der Waals surface area contributed by atoms with Crippen LogP contribution in [0.1, 0.15) is 0 Å². The maximum Gasteiger partial charge on any atom is 0.246 e. The molecule has 1 amide bonds. The number of pyridine rings is 1. The third-order valence-electron chi connectivity index (χ3n) is 6.33. The molecule has 1 atom stereocenters. The molecule has 2 aromatic carbocycles. The highest BCUT2D eigenvalue weighted by Gasteiger charge is 2.33. The minimum absolute atomic E-state index is 0.00985. The van der Waals surface area contributed by atoms with Crippen molar-refractivity contribution in [3.05, 3.63) is 83.6 Å². The summed E-state index contributed by atoms with van der Waals surface area (Å²) >= 11 is 6.25. The van der Waals surface area contributed by atoms with Gasteiger partial charge in [0.15, 0.2) is 5.82 Å². The van der Waals surface area contributed by atoms with Crippen LogP contribution in [0.25, 0.3) is 37.8 Å². The van der Waals surface area contributed by atoms with Gasteiger partial charge >= 0.3 is 0 Å². The second-order valence-corrected chi connectivity index (χ2v) is 8.70. The Morgan fingerprint density at radius 1 is 1.22 bits per heavy atom. The van der Waals surface area contributed by atoms with Crippen LogP contribution in [0.2, 0.25) is 5.02 Å². The van der Waals surface area contributed by atoms with Gasteiger partial charge < -0.3 is 14.6 Å². The van der Waals surface area contributed by atoms with Crippen molar-refractivity contribution in [3.63, 3.8) is 0 Å². The Morgan fingerprint density at radius 3 is 2.83 bits per heavy atom. The topological polar surface area (TPSA) is 66.6 Å². The minimum Gasteiger partial charge on any atom is -0.342 e. The molecule has 1 fully saturated rings. The Morgan fingerprint density at radius 2 is 2.06 bits per heavy atom. The van der Waals surface area contributed by atoms with E-state index in [1.165, 1.54) is 24.7 Å². The van der Waals surface area contributed by atoms with Crippen molar-refractivity contribution in [2.45, 2.75) is 6.04 Å². The second kappa shape index (κ2) is 9.47. The number of carbonyl (C=O) groups is 1. The quantitative estimate of drug-likeness (QED) is 0.292. The Kier molecular flexibility index (Phi) is 6.20. The van der Waals surface area contributed by atoms with Crippen molar-refractivity contribution in [2.75, 3.05) is 31.1 Å². The number of amides is 1. The van der Waals surface area contributed by atoms with E-state index in [9.17, 15) is 9.18 Å². The molecular weight excluding hydrogens is 486 g/mol. The number of benzene rings is 2. The van der Waals surface area contributed by atoms with E-state index in [1.807, 2.05) is 4.90 Å². The lowest BCUT2D eigenvalue weighted by Crippen LogP contribution is -2.56. The van der Waals surface area contributed by atoms with E-state index in [2.05, 4.69) is 26.4 Å². The zero-order valence-corrected chi connectivity index (χ0v) is 19.7. The monoisotopic (exact) mass is 504 g/mol. The second-order valence-electron chi connectivity index (χ2n) is 8.32. The molecule has 10 heteroatoms. The zero-order valence-electron chi connectivity index (χ0n) is 19.0. The van der Waals surface area contributed by atoms with Gasteiger partial charge in [0.25, 0.3) is 0 Å². The van der Waals surface area contributed by atoms with Crippen LogP contribution in [0.3, 0.4) is 0 Å². The highest BCUT2D eigenvalue weighted by molar-refractivity contribution is 6.36. The van der Waals surface area contributed by atoms with Crippen LogP contribution in [0.5, 0.6) is 0 Å². The zero-order chi connectivity index (χ0) is 25.4. The van der Waals surface area contributed by atoms with E-state index in [4.69, 9.17) is 18.2 Å². The van der Waals surface area contributed by atoms with Crippen molar-refractivity contribution >= 4 is 45.0 Å². The summed E-state index contributed by atoms with van der Waals surface area (Å²) in [6, 6.07) is 7.61. The number of rotatable bonds is 4. The lowest BCUT2D eigenvalue weighted by molar-refractivity contribution is -0.126. The first-order valence-electron chi connectivity index (χ1n) is 11.1. The molecule has 1 aliphatic heterocycles. The van der Waals surface area contributed by atoms with E-state index >= 15 is 4.39 Å². The van der Waals surface area contributed by atoms with Crippen LogP contribution < -0.4 is 4.90 Å². The Labute approximate surface area is 210 Å². The van der Waals surface area contributed by atoms with Gasteiger partial charge in [0.05, 0.1) is 10.4 Å². The summed E-state index contributed by atoms with van der Waals surface area (Å²) in [4.78, 5) is 32.1. The summed E-state index contributed by atoms with van der Waals surface area (Å²) in [5, 5.41) is 1.27. The van der Waals surface area contributed by atoms with Gasteiger partial charge in [0, 0.05) is 36.8 Å². The Hall–Kier alpha value is -4.16. The predicted molar refractivity (Wildman–Crippen MR) is 135 cm³/mol. The van der Waals surface area contributed by atoms with E-state index in [1.54, 1.807) is 29.2 Å². The number of aromatic nitrogens is 3. The summed E-state index contributed by atoms with van der Waals surface area (Å²) in [6.07, 6.45) is 3.98. The summed E-state index contributed by atoms with van der Waals surface area (Å²) in [6.45, 7) is 12.1. The predicted octanol–water partition coefficient (Wildman–Crippen LogP) is 4.90. The number of halogens is 3. The summed E-state index contributed by atoms with van der Waals surface area (Å²) in [5.74, 6) is -1.08. The molecule has 1 unspecified atom stereocenters. The van der Waals surface area contributed by atoms with Crippen LogP contribution in [-0.2, 0) is 4.79 Å². The molecule has 36 heavy (non-hydrogen) atoms. The van der Waals surface area contributed by atoms with Crippen molar-refractivity contribution in [3.8, 4) is 11.3 Å². The molecule has 0 spiro atoms. The first kappa shape index (κ1) is 23.6. The van der Waals surface area contributed by atoms with Gasteiger partial charge in [-0.3, -0.25) is 9.78 Å². The first-order valence-corrected chi connectivity index (χ1v) is 11.5. The fourth-order valence-corrected chi connectivity index (χ4v) is 4.90. The SMILES string of the molecule is [C-]#[N+]CC1CN(C(=O)C=C)CCN1c1ncnc2c(F)c(-c3cccc4ccc(F)c(Cl)c34)ncc12. The highest BCUT2D eigenvalue weighted by Crippen LogP contribution is 2.37. The lowest BCUT2D eigenvalue weighted by atomic mass is 10.0.